The topological polar surface area (TPSA) is 41.1 Å². The van der Waals surface area contributed by atoms with Crippen molar-refractivity contribution in [2.24, 2.45) is 0 Å². The normalized spacial score (nSPS) is 25.6. The number of benzene rings is 2. The number of hydrogen-bond donors (Lipinski definition) is 1. The lowest BCUT2D eigenvalue weighted by Gasteiger charge is -2.35. The Morgan fingerprint density at radius 3 is 2.81 bits per heavy atom. The first-order valence-electron chi connectivity index (χ1n) is 9.41. The third-order valence-corrected chi connectivity index (χ3v) is 6.44. The zero-order chi connectivity index (χ0) is 18.4. The van der Waals surface area contributed by atoms with Gasteiger partial charge in [0.15, 0.2) is 0 Å². The fraction of sp³-hybridized carbons (Fsp3) is 0.381. The third-order valence-electron chi connectivity index (χ3n) is 5.95. The highest BCUT2D eigenvalue weighted by atomic mass is 79.9. The summed E-state index contributed by atoms with van der Waals surface area (Å²) in [5.41, 5.74) is 2.56. The summed E-state index contributed by atoms with van der Waals surface area (Å²) in [5.74, 6) is 1.31. The lowest BCUT2D eigenvalue weighted by Crippen LogP contribution is -2.38. The molecule has 1 spiro atoms. The first-order chi connectivity index (χ1) is 13.1. The summed E-state index contributed by atoms with van der Waals surface area (Å²) in [7, 11) is 0. The van der Waals surface area contributed by atoms with Crippen LogP contribution in [0.3, 0.4) is 0 Å². The van der Waals surface area contributed by atoms with Crippen molar-refractivity contribution in [3.63, 3.8) is 0 Å². The highest BCUT2D eigenvalue weighted by Gasteiger charge is 2.43. The van der Waals surface area contributed by atoms with Crippen LogP contribution in [-0.4, -0.2) is 28.8 Å². The average molecular weight is 430 g/mol. The minimum absolute atomic E-state index is 0.159. The highest BCUT2D eigenvalue weighted by Crippen LogP contribution is 2.43. The summed E-state index contributed by atoms with van der Waals surface area (Å²) in [6, 6.07) is 13.1. The predicted octanol–water partition coefficient (Wildman–Crippen LogP) is 5.36. The number of ether oxygens (including phenoxy) is 1. The summed E-state index contributed by atoms with van der Waals surface area (Å²) in [5, 5.41) is 0. The van der Waals surface area contributed by atoms with Gasteiger partial charge in [-0.05, 0) is 56.0 Å². The van der Waals surface area contributed by atoms with Crippen LogP contribution in [0, 0.1) is 5.82 Å². The molecule has 1 aliphatic heterocycles. The molecule has 6 heteroatoms. The molecule has 1 N–H and O–H groups in total. The maximum absolute atomic E-state index is 14.1. The molecule has 27 heavy (non-hydrogen) atoms. The Hall–Kier alpha value is -1.92. The van der Waals surface area contributed by atoms with Gasteiger partial charge in [-0.15, -0.1) is 0 Å². The SMILES string of the molecule is Fc1ccccc1N1CO[C@]2(CC[C@H](c3nc4cc(Br)ccc4[nH]3)CC2)C1. The molecule has 0 atom stereocenters. The minimum atomic E-state index is -0.180. The van der Waals surface area contributed by atoms with E-state index in [0.717, 1.165) is 53.6 Å². The van der Waals surface area contributed by atoms with Crippen molar-refractivity contribution in [2.75, 3.05) is 18.2 Å². The van der Waals surface area contributed by atoms with Gasteiger partial charge in [-0.25, -0.2) is 9.37 Å². The molecule has 0 bridgehead atoms. The van der Waals surface area contributed by atoms with Gasteiger partial charge in [0.25, 0.3) is 0 Å². The van der Waals surface area contributed by atoms with Gasteiger partial charge in [0.1, 0.15) is 18.4 Å². The van der Waals surface area contributed by atoms with E-state index in [1.165, 1.54) is 6.07 Å². The lowest BCUT2D eigenvalue weighted by molar-refractivity contribution is -0.0209. The Balaban J connectivity index is 1.29. The van der Waals surface area contributed by atoms with Crippen LogP contribution in [0.15, 0.2) is 46.9 Å². The van der Waals surface area contributed by atoms with E-state index in [1.54, 1.807) is 6.07 Å². The molecule has 0 amide bonds. The second-order valence-electron chi connectivity index (χ2n) is 7.66. The molecule has 1 aromatic heterocycles. The van der Waals surface area contributed by atoms with E-state index in [9.17, 15) is 4.39 Å². The van der Waals surface area contributed by atoms with Crippen LogP contribution in [0.5, 0.6) is 0 Å². The molecule has 1 saturated carbocycles. The van der Waals surface area contributed by atoms with Crippen LogP contribution >= 0.6 is 15.9 Å². The molecular formula is C21H21BrFN3O. The monoisotopic (exact) mass is 429 g/mol. The Bertz CT molecular complexity index is 980. The van der Waals surface area contributed by atoms with E-state index in [1.807, 2.05) is 29.2 Å². The van der Waals surface area contributed by atoms with E-state index >= 15 is 0 Å². The maximum atomic E-state index is 14.1. The molecule has 4 nitrogen and oxygen atoms in total. The molecule has 2 aliphatic rings. The van der Waals surface area contributed by atoms with Crippen molar-refractivity contribution in [3.05, 3.63) is 58.6 Å². The van der Waals surface area contributed by atoms with Crippen molar-refractivity contribution >= 4 is 32.7 Å². The maximum Gasteiger partial charge on any atom is 0.146 e. The number of nitrogens with one attached hydrogen (secondary N) is 1. The van der Waals surface area contributed by atoms with Crippen molar-refractivity contribution in [2.45, 2.75) is 37.2 Å². The molecule has 0 radical (unpaired) electrons. The molecule has 1 aliphatic carbocycles. The van der Waals surface area contributed by atoms with Gasteiger partial charge in [-0.1, -0.05) is 28.1 Å². The number of anilines is 1. The van der Waals surface area contributed by atoms with E-state index < -0.39 is 0 Å². The van der Waals surface area contributed by atoms with E-state index in [0.29, 0.717) is 18.3 Å². The smallest absolute Gasteiger partial charge is 0.146 e. The number of H-pyrrole nitrogens is 1. The summed E-state index contributed by atoms with van der Waals surface area (Å²) < 4.78 is 21.3. The minimum Gasteiger partial charge on any atom is -0.353 e. The molecule has 2 heterocycles. The molecule has 1 saturated heterocycles. The van der Waals surface area contributed by atoms with Crippen molar-refractivity contribution in [1.82, 2.24) is 9.97 Å². The lowest BCUT2D eigenvalue weighted by atomic mass is 9.78. The van der Waals surface area contributed by atoms with E-state index in [2.05, 4.69) is 27.0 Å². The van der Waals surface area contributed by atoms with Crippen LogP contribution in [0.2, 0.25) is 0 Å². The second-order valence-corrected chi connectivity index (χ2v) is 8.58. The number of para-hydroxylation sites is 1. The van der Waals surface area contributed by atoms with Crippen molar-refractivity contribution in [1.29, 1.82) is 0 Å². The fourth-order valence-corrected chi connectivity index (χ4v) is 4.78. The van der Waals surface area contributed by atoms with Crippen LogP contribution < -0.4 is 4.90 Å². The first kappa shape index (κ1) is 17.2. The number of nitrogens with zero attached hydrogens (tertiary/aromatic N) is 2. The Kier molecular flexibility index (Phi) is 4.20. The number of fused-ring (bicyclic) bond motifs is 1. The molecular weight excluding hydrogens is 409 g/mol. The zero-order valence-corrected chi connectivity index (χ0v) is 16.5. The predicted molar refractivity (Wildman–Crippen MR) is 107 cm³/mol. The number of aromatic nitrogens is 2. The van der Waals surface area contributed by atoms with Crippen molar-refractivity contribution in [3.8, 4) is 0 Å². The summed E-state index contributed by atoms with van der Waals surface area (Å²) >= 11 is 3.51. The molecule has 5 rings (SSSR count). The van der Waals surface area contributed by atoms with E-state index in [4.69, 9.17) is 9.72 Å². The number of hydrogen-bond acceptors (Lipinski definition) is 3. The van der Waals surface area contributed by atoms with Crippen LogP contribution in [0.25, 0.3) is 11.0 Å². The Morgan fingerprint density at radius 1 is 1.19 bits per heavy atom. The van der Waals surface area contributed by atoms with Gasteiger partial charge >= 0.3 is 0 Å². The molecule has 2 aromatic carbocycles. The first-order valence-corrected chi connectivity index (χ1v) is 10.2. The highest BCUT2D eigenvalue weighted by molar-refractivity contribution is 9.10. The quantitative estimate of drug-likeness (QED) is 0.596. The Labute approximate surface area is 165 Å². The van der Waals surface area contributed by atoms with Gasteiger partial charge in [-0.3, -0.25) is 0 Å². The van der Waals surface area contributed by atoms with Gasteiger partial charge in [0.2, 0.25) is 0 Å². The summed E-state index contributed by atoms with van der Waals surface area (Å²) in [6.07, 6.45) is 4.02. The van der Waals surface area contributed by atoms with Gasteiger partial charge in [0, 0.05) is 16.9 Å². The van der Waals surface area contributed by atoms with Gasteiger partial charge in [0.05, 0.1) is 22.3 Å². The number of imidazole rings is 1. The number of rotatable bonds is 2. The zero-order valence-electron chi connectivity index (χ0n) is 14.9. The largest absolute Gasteiger partial charge is 0.353 e. The molecule has 2 fully saturated rings. The fourth-order valence-electron chi connectivity index (χ4n) is 4.43. The van der Waals surface area contributed by atoms with Gasteiger partial charge in [-0.2, -0.15) is 0 Å². The van der Waals surface area contributed by atoms with Crippen LogP contribution in [0.1, 0.15) is 37.4 Å². The van der Waals surface area contributed by atoms with Crippen LogP contribution in [-0.2, 0) is 4.74 Å². The molecule has 140 valence electrons. The molecule has 3 aromatic rings. The number of aromatic amines is 1. The van der Waals surface area contributed by atoms with Crippen LogP contribution in [0.4, 0.5) is 10.1 Å². The van der Waals surface area contributed by atoms with E-state index in [-0.39, 0.29) is 11.4 Å². The summed E-state index contributed by atoms with van der Waals surface area (Å²) in [6.45, 7) is 1.22. The van der Waals surface area contributed by atoms with Crippen molar-refractivity contribution < 1.29 is 9.13 Å². The standard InChI is InChI=1S/C21H21BrFN3O/c22-15-5-6-17-18(11-15)25-20(24-17)14-7-9-21(10-8-14)12-26(13-27-21)19-4-2-1-3-16(19)23/h1-6,11,14H,7-10,12-13H2,(H,24,25)/t14-,21-. The van der Waals surface area contributed by atoms with Gasteiger partial charge < -0.3 is 14.6 Å². The molecule has 0 unspecified atom stereocenters. The third kappa shape index (κ3) is 3.15. The Morgan fingerprint density at radius 2 is 2.00 bits per heavy atom. The number of halogens is 2. The average Bonchev–Trinajstić information content (AvgIpc) is 3.27. The second kappa shape index (κ2) is 6.60. The summed E-state index contributed by atoms with van der Waals surface area (Å²) in [4.78, 5) is 10.3.